The molecule has 4 rings (SSSR count). The minimum atomic E-state index is -4.61. The highest BCUT2D eigenvalue weighted by atomic mass is 32.2. The quantitative estimate of drug-likeness (QED) is 0.424. The molecule has 2 aromatic heterocycles. The van der Waals surface area contributed by atoms with Crippen LogP contribution in [0.4, 0.5) is 24.9 Å². The first-order valence-electron chi connectivity index (χ1n) is 11.4. The third-order valence-corrected chi connectivity index (χ3v) is 6.48. The van der Waals surface area contributed by atoms with Crippen LogP contribution in [-0.4, -0.2) is 41.3 Å². The van der Waals surface area contributed by atoms with Crippen molar-refractivity contribution < 1.29 is 17.9 Å². The fourth-order valence-corrected chi connectivity index (χ4v) is 4.62. The maximum absolute atomic E-state index is 13.8. The van der Waals surface area contributed by atoms with Gasteiger partial charge in [-0.05, 0) is 38.1 Å². The van der Waals surface area contributed by atoms with Gasteiger partial charge in [0.25, 0.3) is 0 Å². The first-order chi connectivity index (χ1) is 16.6. The van der Waals surface area contributed by atoms with Crippen LogP contribution in [0.25, 0.3) is 11.3 Å². The molecular weight excluding hydrogens is 475 g/mol. The van der Waals surface area contributed by atoms with Crippen LogP contribution in [0, 0.1) is 0 Å². The van der Waals surface area contributed by atoms with E-state index < -0.39 is 16.5 Å². The van der Waals surface area contributed by atoms with E-state index in [4.69, 9.17) is 15.5 Å². The summed E-state index contributed by atoms with van der Waals surface area (Å²) in [5.74, 6) is 0.172. The number of halogens is 3. The average Bonchev–Trinajstić information content (AvgIpc) is 2.85. The second-order valence-corrected chi connectivity index (χ2v) is 9.81. The van der Waals surface area contributed by atoms with Crippen LogP contribution < -0.4 is 10.6 Å². The summed E-state index contributed by atoms with van der Waals surface area (Å²) < 4.78 is 46.4. The topological polar surface area (TPSA) is 77.2 Å². The van der Waals surface area contributed by atoms with Gasteiger partial charge in [0.2, 0.25) is 5.95 Å². The summed E-state index contributed by atoms with van der Waals surface area (Å²) in [5.41, 5.74) is 5.34. The molecule has 1 fully saturated rings. The number of morpholine rings is 1. The smallest absolute Gasteiger partial charge is 0.384 e. The van der Waals surface area contributed by atoms with Crippen molar-refractivity contribution in [1.29, 1.82) is 0 Å². The predicted octanol–water partition coefficient (Wildman–Crippen LogP) is 6.03. The van der Waals surface area contributed by atoms with Gasteiger partial charge in [-0.3, -0.25) is 0 Å². The van der Waals surface area contributed by atoms with Crippen molar-refractivity contribution in [2.75, 3.05) is 36.9 Å². The highest BCUT2D eigenvalue weighted by Crippen LogP contribution is 2.43. The van der Waals surface area contributed by atoms with Crippen LogP contribution in [0.2, 0.25) is 0 Å². The number of hydrogen-bond acceptors (Lipinski definition) is 7. The van der Waals surface area contributed by atoms with E-state index in [-0.39, 0.29) is 17.1 Å². The lowest BCUT2D eigenvalue weighted by Crippen LogP contribution is -2.37. The average molecular weight is 506 g/mol. The molecule has 35 heavy (non-hydrogen) atoms. The molecule has 1 aliphatic rings. The highest BCUT2D eigenvalue weighted by molar-refractivity contribution is 8.00. The minimum absolute atomic E-state index is 0.129. The molecule has 6 nitrogen and oxygen atoms in total. The van der Waals surface area contributed by atoms with Crippen LogP contribution >= 0.6 is 11.8 Å². The van der Waals surface area contributed by atoms with Gasteiger partial charge < -0.3 is 15.4 Å². The Labute approximate surface area is 208 Å². The molecule has 0 bridgehead atoms. The number of aromatic nitrogens is 3. The first-order valence-corrected chi connectivity index (χ1v) is 12.2. The second-order valence-electron chi connectivity index (χ2n) is 8.12. The van der Waals surface area contributed by atoms with Crippen molar-refractivity contribution >= 4 is 23.5 Å². The number of rotatable bonds is 5. The van der Waals surface area contributed by atoms with Crippen LogP contribution in [0.3, 0.4) is 0 Å². The fraction of sp³-hybridized carbons (Fsp3) is 0.400. The van der Waals surface area contributed by atoms with Crippen molar-refractivity contribution in [3.8, 4) is 11.3 Å². The number of nitrogen functional groups attached to an aromatic ring is 1. The Morgan fingerprint density at radius 1 is 1.00 bits per heavy atom. The molecule has 0 aliphatic carbocycles. The molecule has 3 heterocycles. The van der Waals surface area contributed by atoms with Crippen molar-refractivity contribution in [2.45, 2.75) is 43.5 Å². The maximum atomic E-state index is 13.8. The number of ether oxygens (including phenoxy) is 1. The predicted molar refractivity (Wildman–Crippen MR) is 134 cm³/mol. The summed E-state index contributed by atoms with van der Waals surface area (Å²) in [6, 6.07) is 12.3. The SMILES string of the molecule is CC.CC(C)(Sc1ccccc1)c1cc(-c2cnc(N)cc2C(F)(F)F)nc(N2CCOCC2)n1. The Morgan fingerprint density at radius 3 is 2.29 bits per heavy atom. The third kappa shape index (κ3) is 6.64. The molecule has 0 atom stereocenters. The number of hydrogen-bond donors (Lipinski definition) is 1. The van der Waals surface area contributed by atoms with Crippen LogP contribution in [0.1, 0.15) is 39.0 Å². The minimum Gasteiger partial charge on any atom is -0.384 e. The van der Waals surface area contributed by atoms with Gasteiger partial charge in [-0.1, -0.05) is 32.0 Å². The number of thioether (sulfide) groups is 1. The fourth-order valence-electron chi connectivity index (χ4n) is 3.53. The van der Waals surface area contributed by atoms with Crippen molar-refractivity contribution in [2.24, 2.45) is 0 Å². The summed E-state index contributed by atoms with van der Waals surface area (Å²) >= 11 is 1.58. The van der Waals surface area contributed by atoms with E-state index >= 15 is 0 Å². The van der Waals surface area contributed by atoms with E-state index in [0.717, 1.165) is 17.2 Å². The molecule has 1 saturated heterocycles. The van der Waals surface area contributed by atoms with E-state index in [9.17, 15) is 13.2 Å². The Balaban J connectivity index is 0.00000167. The van der Waals surface area contributed by atoms with E-state index in [2.05, 4.69) is 9.97 Å². The monoisotopic (exact) mass is 505 g/mol. The zero-order chi connectivity index (χ0) is 25.6. The van der Waals surface area contributed by atoms with Gasteiger partial charge in [-0.15, -0.1) is 11.8 Å². The molecule has 1 aliphatic heterocycles. The summed E-state index contributed by atoms with van der Waals surface area (Å²) in [7, 11) is 0. The molecule has 2 N–H and O–H groups in total. The van der Waals surface area contributed by atoms with Crippen LogP contribution in [0.5, 0.6) is 0 Å². The zero-order valence-electron chi connectivity index (χ0n) is 20.3. The molecule has 3 aromatic rings. The summed E-state index contributed by atoms with van der Waals surface area (Å²) in [6.45, 7) is 10.1. The van der Waals surface area contributed by atoms with E-state index in [1.165, 1.54) is 0 Å². The van der Waals surface area contributed by atoms with Crippen molar-refractivity contribution in [1.82, 2.24) is 15.0 Å². The number of nitrogens with zero attached hydrogens (tertiary/aromatic N) is 4. The lowest BCUT2D eigenvalue weighted by Gasteiger charge is -2.30. The number of anilines is 2. The largest absolute Gasteiger partial charge is 0.417 e. The molecule has 1 aromatic carbocycles. The van der Waals surface area contributed by atoms with Gasteiger partial charge in [-0.25, -0.2) is 15.0 Å². The van der Waals surface area contributed by atoms with Crippen LogP contribution in [-0.2, 0) is 15.7 Å². The number of alkyl halides is 3. The van der Waals surface area contributed by atoms with E-state index in [1.54, 1.807) is 17.8 Å². The third-order valence-electron chi connectivity index (χ3n) is 5.25. The molecule has 0 unspecified atom stereocenters. The molecular formula is C25H30F3N5OS. The summed E-state index contributed by atoms with van der Waals surface area (Å²) in [4.78, 5) is 16.2. The van der Waals surface area contributed by atoms with Gasteiger partial charge in [0, 0.05) is 29.7 Å². The van der Waals surface area contributed by atoms with Gasteiger partial charge in [0.1, 0.15) is 5.82 Å². The Hall–Kier alpha value is -2.85. The molecule has 0 saturated carbocycles. The summed E-state index contributed by atoms with van der Waals surface area (Å²) in [5, 5.41) is 0. The van der Waals surface area contributed by atoms with Crippen LogP contribution in [0.15, 0.2) is 53.6 Å². The Bertz CT molecular complexity index is 1120. The maximum Gasteiger partial charge on any atom is 0.417 e. The van der Waals surface area contributed by atoms with E-state index in [1.807, 2.05) is 62.9 Å². The normalized spacial score (nSPS) is 14.3. The summed E-state index contributed by atoms with van der Waals surface area (Å²) in [6.07, 6.45) is -3.48. The molecule has 0 amide bonds. The molecule has 10 heteroatoms. The number of nitrogens with two attached hydrogens (primary N) is 1. The zero-order valence-corrected chi connectivity index (χ0v) is 21.1. The standard InChI is InChI=1S/C23H24F3N5OS.C2H6/c1-22(2,33-15-6-4-3-5-7-15)19-13-18(29-21(30-19)31-8-10-32-11-9-31)16-14-28-20(27)12-17(16)23(24,25)26;1-2/h3-7,12-14H,8-11H2,1-2H3,(H2,27,28);1-2H3. The van der Waals surface area contributed by atoms with E-state index in [0.29, 0.717) is 37.9 Å². The first kappa shape index (κ1) is 26.7. The second kappa shape index (κ2) is 11.3. The van der Waals surface area contributed by atoms with Gasteiger partial charge in [-0.2, -0.15) is 13.2 Å². The Kier molecular flexibility index (Phi) is 8.60. The van der Waals surface area contributed by atoms with Crippen molar-refractivity contribution in [3.63, 3.8) is 0 Å². The Morgan fingerprint density at radius 2 is 1.66 bits per heavy atom. The van der Waals surface area contributed by atoms with Crippen molar-refractivity contribution in [3.05, 3.63) is 59.9 Å². The molecule has 0 radical (unpaired) electrons. The number of benzene rings is 1. The number of pyridine rings is 1. The highest BCUT2D eigenvalue weighted by Gasteiger charge is 2.36. The van der Waals surface area contributed by atoms with Gasteiger partial charge in [0.15, 0.2) is 0 Å². The molecule has 188 valence electrons. The lowest BCUT2D eigenvalue weighted by molar-refractivity contribution is -0.137. The van der Waals surface area contributed by atoms with Gasteiger partial charge >= 0.3 is 6.18 Å². The lowest BCUT2D eigenvalue weighted by atomic mass is 10.0. The van der Waals surface area contributed by atoms with Gasteiger partial charge in [0.05, 0.1) is 34.9 Å². The molecule has 0 spiro atoms.